The topological polar surface area (TPSA) is 49.8 Å². The van der Waals surface area contributed by atoms with Crippen LogP contribution in [0.2, 0.25) is 0 Å². The second kappa shape index (κ2) is 11.8. The summed E-state index contributed by atoms with van der Waals surface area (Å²) in [5.74, 6) is -0.674. The highest BCUT2D eigenvalue weighted by molar-refractivity contribution is 5.66. The second-order valence-electron chi connectivity index (χ2n) is 6.12. The van der Waals surface area contributed by atoms with Crippen LogP contribution in [0.3, 0.4) is 0 Å². The molecule has 0 radical (unpaired) electrons. The van der Waals surface area contributed by atoms with Gasteiger partial charge in [0.15, 0.2) is 0 Å². The molecule has 1 N–H and O–H groups in total. The molecule has 1 heterocycles. The Kier molecular flexibility index (Phi) is 10.2. The van der Waals surface area contributed by atoms with Crippen LogP contribution in [0, 0.1) is 0 Å². The largest absolute Gasteiger partial charge is 0.481 e. The summed E-state index contributed by atoms with van der Waals surface area (Å²) in [5, 5.41) is 8.54. The first-order valence-corrected chi connectivity index (χ1v) is 8.76. The number of carboxylic acid groups (broad SMARTS) is 1. The number of carbonyl (C=O) groups is 1. The van der Waals surface area contributed by atoms with Gasteiger partial charge in [-0.25, -0.2) is 0 Å². The summed E-state index contributed by atoms with van der Waals surface area (Å²) < 4.78 is 5.67. The van der Waals surface area contributed by atoms with E-state index in [1.807, 2.05) is 0 Å². The van der Waals surface area contributed by atoms with Crippen LogP contribution in [0.1, 0.15) is 84.0 Å². The first-order valence-electron chi connectivity index (χ1n) is 8.76. The summed E-state index contributed by atoms with van der Waals surface area (Å²) in [6, 6.07) is 0. The molecule has 122 valence electrons. The fraction of sp³-hybridized carbons (Fsp3) is 0.833. The normalized spacial score (nSPS) is 21.0. The van der Waals surface area contributed by atoms with Crippen LogP contribution in [-0.2, 0) is 9.53 Å². The predicted molar refractivity (Wildman–Crippen MR) is 86.5 cm³/mol. The van der Waals surface area contributed by atoms with Crippen molar-refractivity contribution in [1.82, 2.24) is 0 Å². The Morgan fingerprint density at radius 2 is 1.76 bits per heavy atom. The van der Waals surface area contributed by atoms with Crippen molar-refractivity contribution in [2.24, 2.45) is 0 Å². The van der Waals surface area contributed by atoms with E-state index >= 15 is 0 Å². The summed E-state index contributed by atoms with van der Waals surface area (Å²) in [7, 11) is 0. The molecule has 0 aliphatic carbocycles. The zero-order valence-electron chi connectivity index (χ0n) is 13.6. The molecule has 2 atom stereocenters. The molecule has 1 saturated heterocycles. The maximum absolute atomic E-state index is 10.4. The molecule has 0 bridgehead atoms. The number of rotatable bonds is 14. The fourth-order valence-corrected chi connectivity index (χ4v) is 2.65. The lowest BCUT2D eigenvalue weighted by atomic mass is 10.1. The van der Waals surface area contributed by atoms with Gasteiger partial charge in [-0.1, -0.05) is 57.6 Å². The van der Waals surface area contributed by atoms with Gasteiger partial charge in [0.05, 0.1) is 12.2 Å². The zero-order chi connectivity index (χ0) is 15.3. The van der Waals surface area contributed by atoms with Crippen molar-refractivity contribution in [1.29, 1.82) is 0 Å². The maximum atomic E-state index is 10.4. The minimum Gasteiger partial charge on any atom is -0.481 e. The highest BCUT2D eigenvalue weighted by Crippen LogP contribution is 2.30. The Morgan fingerprint density at radius 1 is 1.00 bits per heavy atom. The first-order chi connectivity index (χ1) is 10.2. The number of ether oxygens (including phenoxy) is 1. The first kappa shape index (κ1) is 18.2. The molecule has 1 rings (SSSR count). The van der Waals surface area contributed by atoms with Crippen molar-refractivity contribution in [3.63, 3.8) is 0 Å². The Balaban J connectivity index is 1.83. The lowest BCUT2D eigenvalue weighted by Gasteiger charge is -1.99. The molecular weight excluding hydrogens is 264 g/mol. The van der Waals surface area contributed by atoms with Crippen LogP contribution < -0.4 is 0 Å². The van der Waals surface area contributed by atoms with Crippen LogP contribution in [0.25, 0.3) is 0 Å². The monoisotopic (exact) mass is 296 g/mol. The fourth-order valence-electron chi connectivity index (χ4n) is 2.65. The molecule has 21 heavy (non-hydrogen) atoms. The van der Waals surface area contributed by atoms with Crippen molar-refractivity contribution >= 4 is 5.97 Å². The number of allylic oxidation sites excluding steroid dienone is 1. The van der Waals surface area contributed by atoms with Gasteiger partial charge in [-0.3, -0.25) is 4.79 Å². The molecule has 0 amide bonds. The highest BCUT2D eigenvalue weighted by Gasteiger charge is 2.36. The minimum atomic E-state index is -0.674. The van der Waals surface area contributed by atoms with Gasteiger partial charge in [-0.05, 0) is 32.1 Å². The lowest BCUT2D eigenvalue weighted by molar-refractivity contribution is -0.137. The van der Waals surface area contributed by atoms with Crippen molar-refractivity contribution in [2.45, 2.75) is 96.2 Å². The van der Waals surface area contributed by atoms with E-state index in [-0.39, 0.29) is 0 Å². The summed E-state index contributed by atoms with van der Waals surface area (Å²) in [4.78, 5) is 10.4. The Morgan fingerprint density at radius 3 is 2.52 bits per heavy atom. The Labute approximate surface area is 129 Å². The number of carboxylic acids is 1. The Hall–Kier alpha value is -0.830. The molecule has 0 saturated carbocycles. The average molecular weight is 296 g/mol. The Bertz CT molecular complexity index is 299. The molecule has 0 aromatic carbocycles. The van der Waals surface area contributed by atoms with Gasteiger partial charge in [0.1, 0.15) is 0 Å². The molecule has 1 fully saturated rings. The van der Waals surface area contributed by atoms with E-state index in [2.05, 4.69) is 19.1 Å². The predicted octanol–water partition coefficient (Wildman–Crippen LogP) is 5.10. The van der Waals surface area contributed by atoms with Gasteiger partial charge in [0, 0.05) is 6.42 Å². The molecule has 0 spiro atoms. The number of hydrogen-bond donors (Lipinski definition) is 1. The molecule has 0 aromatic rings. The van der Waals surface area contributed by atoms with E-state index in [1.165, 1.54) is 44.9 Å². The third kappa shape index (κ3) is 10.5. The number of unbranched alkanes of at least 4 members (excludes halogenated alkanes) is 7. The third-order valence-electron chi connectivity index (χ3n) is 4.08. The van der Waals surface area contributed by atoms with Gasteiger partial charge in [-0.15, -0.1) is 0 Å². The van der Waals surface area contributed by atoms with Gasteiger partial charge >= 0.3 is 5.97 Å². The van der Waals surface area contributed by atoms with Crippen LogP contribution in [0.15, 0.2) is 12.2 Å². The van der Waals surface area contributed by atoms with Crippen molar-refractivity contribution in [2.75, 3.05) is 0 Å². The van der Waals surface area contributed by atoms with E-state index in [1.54, 1.807) is 0 Å². The smallest absolute Gasteiger partial charge is 0.303 e. The van der Waals surface area contributed by atoms with E-state index in [0.717, 1.165) is 25.7 Å². The van der Waals surface area contributed by atoms with Crippen molar-refractivity contribution in [3.05, 3.63) is 12.2 Å². The second-order valence-corrected chi connectivity index (χ2v) is 6.12. The number of epoxide rings is 1. The molecule has 3 nitrogen and oxygen atoms in total. The van der Waals surface area contributed by atoms with Crippen molar-refractivity contribution < 1.29 is 14.6 Å². The van der Waals surface area contributed by atoms with E-state index < -0.39 is 5.97 Å². The summed E-state index contributed by atoms with van der Waals surface area (Å²) >= 11 is 0. The van der Waals surface area contributed by atoms with Crippen molar-refractivity contribution in [3.8, 4) is 0 Å². The van der Waals surface area contributed by atoms with Crippen LogP contribution in [0.4, 0.5) is 0 Å². The molecule has 0 aromatic heterocycles. The zero-order valence-corrected chi connectivity index (χ0v) is 13.6. The van der Waals surface area contributed by atoms with E-state index in [9.17, 15) is 4.79 Å². The average Bonchev–Trinajstić information content (AvgIpc) is 3.20. The van der Waals surface area contributed by atoms with Crippen LogP contribution in [0.5, 0.6) is 0 Å². The number of hydrogen-bond acceptors (Lipinski definition) is 2. The van der Waals surface area contributed by atoms with E-state index in [4.69, 9.17) is 9.84 Å². The molecule has 3 heteroatoms. The highest BCUT2D eigenvalue weighted by atomic mass is 16.6. The lowest BCUT2D eigenvalue weighted by Crippen LogP contribution is -1.94. The van der Waals surface area contributed by atoms with Crippen LogP contribution >= 0.6 is 0 Å². The summed E-state index contributed by atoms with van der Waals surface area (Å²) in [6.07, 6.45) is 18.7. The number of aliphatic carboxylic acids is 1. The molecule has 1 aliphatic heterocycles. The summed E-state index contributed by atoms with van der Waals surface area (Å²) in [6.45, 7) is 2.23. The van der Waals surface area contributed by atoms with Gasteiger partial charge in [0.2, 0.25) is 0 Å². The molecule has 0 unspecified atom stereocenters. The van der Waals surface area contributed by atoms with Gasteiger partial charge < -0.3 is 9.84 Å². The maximum Gasteiger partial charge on any atom is 0.303 e. The molecule has 1 aliphatic rings. The SMILES string of the molecule is CCCCCC=CC[C@H]1O[C@H]1CCCCCCCC(=O)O. The quantitative estimate of drug-likeness (QED) is 0.276. The third-order valence-corrected chi connectivity index (χ3v) is 4.08. The van der Waals surface area contributed by atoms with E-state index in [0.29, 0.717) is 18.6 Å². The summed E-state index contributed by atoms with van der Waals surface area (Å²) in [5.41, 5.74) is 0. The van der Waals surface area contributed by atoms with Gasteiger partial charge in [0.25, 0.3) is 0 Å². The standard InChI is InChI=1S/C18H32O3/c1-2-3-4-5-7-10-13-16-17(21-16)14-11-8-6-9-12-15-18(19)20/h7,10,16-17H,2-6,8-9,11-15H2,1H3,(H,19,20)/t16-,17+/m1/s1. The minimum absolute atomic E-state index is 0.318. The van der Waals surface area contributed by atoms with Gasteiger partial charge in [-0.2, -0.15) is 0 Å². The molecular formula is C18H32O3. The van der Waals surface area contributed by atoms with Crippen LogP contribution in [-0.4, -0.2) is 23.3 Å².